The Hall–Kier alpha value is -3.97. The molecule has 0 unspecified atom stereocenters. The van der Waals surface area contributed by atoms with Crippen LogP contribution < -0.4 is 16.0 Å². The van der Waals surface area contributed by atoms with Crippen LogP contribution in [0.15, 0.2) is 91.0 Å². The lowest BCUT2D eigenvalue weighted by Crippen LogP contribution is -2.54. The fourth-order valence-electron chi connectivity index (χ4n) is 4.61. The molecule has 4 rings (SSSR count). The quantitative estimate of drug-likeness (QED) is 0.252. The summed E-state index contributed by atoms with van der Waals surface area (Å²) < 4.78 is 5.56. The van der Waals surface area contributed by atoms with E-state index in [4.69, 9.17) is 4.74 Å². The third-order valence-corrected chi connectivity index (χ3v) is 7.13. The summed E-state index contributed by atoms with van der Waals surface area (Å²) in [4.78, 5) is 39.4. The Balaban J connectivity index is 1.35. The van der Waals surface area contributed by atoms with Gasteiger partial charge in [-0.2, -0.15) is 0 Å². The first-order valence-electron chi connectivity index (χ1n) is 14.1. The van der Waals surface area contributed by atoms with E-state index in [0.717, 1.165) is 24.0 Å². The summed E-state index contributed by atoms with van der Waals surface area (Å²) in [7, 11) is 0. The smallest absolute Gasteiger partial charge is 0.328 e. The number of benzene rings is 3. The topological polar surface area (TPSA) is 96.5 Å². The van der Waals surface area contributed by atoms with Crippen molar-refractivity contribution in [2.24, 2.45) is 5.92 Å². The van der Waals surface area contributed by atoms with Gasteiger partial charge in [0.1, 0.15) is 18.7 Å². The Morgan fingerprint density at radius 2 is 1.40 bits per heavy atom. The number of carbonyl (C=O) groups excluding carboxylic acids is 3. The SMILES string of the molecule is C[C@@H](CNCC(=O)N[C@H](Cc1ccccc1)C(=O)N[C@H](CC1CC1)C(=O)OCc1ccccc1)c1ccccc1. The molecule has 0 heterocycles. The van der Waals surface area contributed by atoms with Crippen LogP contribution in [0.2, 0.25) is 0 Å². The maximum Gasteiger partial charge on any atom is 0.328 e. The Morgan fingerprint density at radius 3 is 2.02 bits per heavy atom. The summed E-state index contributed by atoms with van der Waals surface area (Å²) >= 11 is 0. The standard InChI is InChI=1S/C33H39N3O4/c1-24(28-15-9-4-10-16-28)21-34-22-31(37)35-29(19-25-11-5-2-6-12-25)32(38)36-30(20-26-17-18-26)33(39)40-23-27-13-7-3-8-14-27/h2-16,24,26,29-30,34H,17-23H2,1H3,(H,35,37)(H,36,38)/t24-,29+,30+/m0/s1. The van der Waals surface area contributed by atoms with Crippen LogP contribution in [0.1, 0.15) is 48.8 Å². The van der Waals surface area contributed by atoms with Crippen LogP contribution in [-0.4, -0.2) is 43.0 Å². The third-order valence-electron chi connectivity index (χ3n) is 7.13. The van der Waals surface area contributed by atoms with E-state index >= 15 is 0 Å². The molecule has 3 atom stereocenters. The molecule has 0 saturated heterocycles. The summed E-state index contributed by atoms with van der Waals surface area (Å²) in [6.07, 6.45) is 2.92. The average molecular weight is 542 g/mol. The molecular formula is C33H39N3O4. The Bertz CT molecular complexity index is 1220. The molecule has 3 aromatic rings. The van der Waals surface area contributed by atoms with Gasteiger partial charge in [-0.15, -0.1) is 0 Å². The molecule has 1 aliphatic carbocycles. The van der Waals surface area contributed by atoms with Crippen LogP contribution in [-0.2, 0) is 32.1 Å². The summed E-state index contributed by atoms with van der Waals surface area (Å²) in [6.45, 7) is 2.96. The Kier molecular flexibility index (Phi) is 10.9. The normalized spacial score (nSPS) is 14.9. The first kappa shape index (κ1) is 29.0. The number of hydrogen-bond acceptors (Lipinski definition) is 5. The van der Waals surface area contributed by atoms with Crippen molar-refractivity contribution >= 4 is 17.8 Å². The maximum atomic E-state index is 13.5. The second-order valence-corrected chi connectivity index (χ2v) is 10.6. The molecule has 0 aliphatic heterocycles. The predicted molar refractivity (Wildman–Crippen MR) is 155 cm³/mol. The van der Waals surface area contributed by atoms with Crippen molar-refractivity contribution in [1.29, 1.82) is 0 Å². The molecular weight excluding hydrogens is 502 g/mol. The number of esters is 1. The Labute approximate surface area is 236 Å². The van der Waals surface area contributed by atoms with Crippen molar-refractivity contribution in [3.63, 3.8) is 0 Å². The van der Waals surface area contributed by atoms with Gasteiger partial charge in [0.2, 0.25) is 11.8 Å². The summed E-state index contributed by atoms with van der Waals surface area (Å²) in [5.41, 5.74) is 2.99. The maximum absolute atomic E-state index is 13.5. The van der Waals surface area contributed by atoms with E-state index in [1.165, 1.54) is 5.56 Å². The molecule has 0 aromatic heterocycles. The van der Waals surface area contributed by atoms with Crippen LogP contribution in [0.25, 0.3) is 0 Å². The van der Waals surface area contributed by atoms with Crippen molar-refractivity contribution < 1.29 is 19.1 Å². The van der Waals surface area contributed by atoms with Crippen molar-refractivity contribution in [2.45, 2.75) is 57.2 Å². The molecule has 3 aromatic carbocycles. The van der Waals surface area contributed by atoms with Crippen molar-refractivity contribution in [2.75, 3.05) is 13.1 Å². The molecule has 1 aliphatic rings. The number of amides is 2. The van der Waals surface area contributed by atoms with Gasteiger partial charge in [0.15, 0.2) is 0 Å². The molecule has 1 saturated carbocycles. The second kappa shape index (κ2) is 15.0. The van der Waals surface area contributed by atoms with Crippen LogP contribution in [0.5, 0.6) is 0 Å². The molecule has 3 N–H and O–H groups in total. The number of carbonyl (C=O) groups is 3. The van der Waals surface area contributed by atoms with E-state index < -0.39 is 24.0 Å². The lowest BCUT2D eigenvalue weighted by atomic mass is 10.0. The highest BCUT2D eigenvalue weighted by molar-refractivity contribution is 5.91. The highest BCUT2D eigenvalue weighted by atomic mass is 16.5. The largest absolute Gasteiger partial charge is 0.459 e. The van der Waals surface area contributed by atoms with Crippen LogP contribution in [0, 0.1) is 5.92 Å². The Morgan fingerprint density at radius 1 is 0.800 bits per heavy atom. The average Bonchev–Trinajstić information content (AvgIpc) is 3.81. The van der Waals surface area contributed by atoms with E-state index in [-0.39, 0.29) is 25.0 Å². The third kappa shape index (κ3) is 9.65. The van der Waals surface area contributed by atoms with Crippen LogP contribution in [0.3, 0.4) is 0 Å². The molecule has 210 valence electrons. The predicted octanol–water partition coefficient (Wildman–Crippen LogP) is 4.14. The van der Waals surface area contributed by atoms with Gasteiger partial charge >= 0.3 is 5.97 Å². The highest BCUT2D eigenvalue weighted by Crippen LogP contribution is 2.33. The van der Waals surface area contributed by atoms with E-state index in [0.29, 0.717) is 25.3 Å². The minimum Gasteiger partial charge on any atom is -0.459 e. The van der Waals surface area contributed by atoms with Crippen molar-refractivity contribution in [3.05, 3.63) is 108 Å². The first-order chi connectivity index (χ1) is 19.5. The lowest BCUT2D eigenvalue weighted by Gasteiger charge is -2.23. The number of rotatable bonds is 15. The van der Waals surface area contributed by atoms with Gasteiger partial charge in [0.05, 0.1) is 6.54 Å². The van der Waals surface area contributed by atoms with E-state index in [2.05, 4.69) is 35.0 Å². The van der Waals surface area contributed by atoms with E-state index in [1.54, 1.807) is 0 Å². The summed E-state index contributed by atoms with van der Waals surface area (Å²) in [5.74, 6) is -0.487. The second-order valence-electron chi connectivity index (χ2n) is 10.6. The monoisotopic (exact) mass is 541 g/mol. The zero-order valence-electron chi connectivity index (χ0n) is 23.1. The van der Waals surface area contributed by atoms with Crippen LogP contribution >= 0.6 is 0 Å². The number of hydrogen-bond donors (Lipinski definition) is 3. The van der Waals surface area contributed by atoms with Gasteiger partial charge in [-0.25, -0.2) is 4.79 Å². The fourth-order valence-corrected chi connectivity index (χ4v) is 4.61. The minimum atomic E-state index is -0.827. The minimum absolute atomic E-state index is 0.0837. The zero-order chi connectivity index (χ0) is 28.2. The summed E-state index contributed by atoms with van der Waals surface area (Å²) in [5, 5.41) is 8.98. The van der Waals surface area contributed by atoms with Crippen molar-refractivity contribution in [1.82, 2.24) is 16.0 Å². The van der Waals surface area contributed by atoms with Gasteiger partial charge in [-0.05, 0) is 34.9 Å². The molecule has 2 amide bonds. The number of ether oxygens (including phenoxy) is 1. The molecule has 40 heavy (non-hydrogen) atoms. The molecule has 1 fully saturated rings. The molecule has 0 bridgehead atoms. The van der Waals surface area contributed by atoms with Gasteiger partial charge in [0, 0.05) is 13.0 Å². The first-order valence-corrected chi connectivity index (χ1v) is 14.1. The van der Waals surface area contributed by atoms with Gasteiger partial charge in [-0.1, -0.05) is 111 Å². The van der Waals surface area contributed by atoms with Gasteiger partial charge < -0.3 is 20.7 Å². The molecule has 7 nitrogen and oxygen atoms in total. The van der Waals surface area contributed by atoms with Crippen LogP contribution in [0.4, 0.5) is 0 Å². The fraction of sp³-hybridized carbons (Fsp3) is 0.364. The van der Waals surface area contributed by atoms with Crippen molar-refractivity contribution in [3.8, 4) is 0 Å². The van der Waals surface area contributed by atoms with E-state index in [9.17, 15) is 14.4 Å². The summed E-state index contributed by atoms with van der Waals surface area (Å²) in [6, 6.07) is 27.5. The lowest BCUT2D eigenvalue weighted by molar-refractivity contribution is -0.149. The van der Waals surface area contributed by atoms with Gasteiger partial charge in [0.25, 0.3) is 0 Å². The van der Waals surface area contributed by atoms with E-state index in [1.807, 2.05) is 78.9 Å². The molecule has 0 spiro atoms. The molecule has 0 radical (unpaired) electrons. The highest BCUT2D eigenvalue weighted by Gasteiger charge is 2.33. The molecule has 7 heteroatoms. The zero-order valence-corrected chi connectivity index (χ0v) is 23.1. The number of nitrogens with one attached hydrogen (secondary N) is 3. The van der Waals surface area contributed by atoms with Gasteiger partial charge in [-0.3, -0.25) is 9.59 Å².